The lowest BCUT2D eigenvalue weighted by Gasteiger charge is -2.16. The molecular formula is C22H20ClNO6. The number of benzene rings is 2. The summed E-state index contributed by atoms with van der Waals surface area (Å²) in [5.74, 6) is 0.0545. The molecular weight excluding hydrogens is 410 g/mol. The minimum atomic E-state index is -1.04. The Balaban J connectivity index is 1.66. The highest BCUT2D eigenvalue weighted by atomic mass is 35.5. The first kappa shape index (κ1) is 21.3. The molecule has 0 saturated heterocycles. The number of methoxy groups -OCH3 is 1. The molecule has 1 heterocycles. The third kappa shape index (κ3) is 5.55. The van der Waals surface area contributed by atoms with Gasteiger partial charge in [-0.05, 0) is 42.0 Å². The molecule has 0 radical (unpaired) electrons. The number of furan rings is 1. The summed E-state index contributed by atoms with van der Waals surface area (Å²) < 4.78 is 16.5. The van der Waals surface area contributed by atoms with Gasteiger partial charge in [-0.25, -0.2) is 0 Å². The van der Waals surface area contributed by atoms with Crippen molar-refractivity contribution in [2.45, 2.75) is 19.1 Å². The smallest absolute Gasteiger partial charge is 0.305 e. The van der Waals surface area contributed by atoms with Crippen LogP contribution in [0.5, 0.6) is 11.5 Å². The number of carbonyl (C=O) groups excluding carboxylic acids is 1. The van der Waals surface area contributed by atoms with Crippen molar-refractivity contribution in [3.8, 4) is 11.5 Å². The average molecular weight is 430 g/mol. The third-order valence-corrected chi connectivity index (χ3v) is 4.53. The summed E-state index contributed by atoms with van der Waals surface area (Å²) in [6, 6.07) is 16.2. The fraction of sp³-hybridized carbons (Fsp3) is 0.182. The number of nitrogens with one attached hydrogen (secondary N) is 1. The Labute approximate surface area is 178 Å². The molecule has 1 atom stereocenters. The van der Waals surface area contributed by atoms with Crippen molar-refractivity contribution < 1.29 is 28.6 Å². The summed E-state index contributed by atoms with van der Waals surface area (Å²) in [4.78, 5) is 23.8. The number of halogens is 1. The normalized spacial score (nSPS) is 11.5. The van der Waals surface area contributed by atoms with Gasteiger partial charge < -0.3 is 24.3 Å². The maximum Gasteiger partial charge on any atom is 0.305 e. The summed E-state index contributed by atoms with van der Waals surface area (Å²) in [6.07, 6.45) is -0.280. The molecule has 8 heteroatoms. The molecule has 30 heavy (non-hydrogen) atoms. The topological polar surface area (TPSA) is 98.0 Å². The van der Waals surface area contributed by atoms with E-state index >= 15 is 0 Å². The van der Waals surface area contributed by atoms with Crippen LogP contribution in [0.1, 0.15) is 34.3 Å². The number of amides is 1. The van der Waals surface area contributed by atoms with Gasteiger partial charge in [0.15, 0.2) is 17.3 Å². The molecule has 156 valence electrons. The van der Waals surface area contributed by atoms with Crippen molar-refractivity contribution in [3.05, 3.63) is 82.8 Å². The molecule has 0 bridgehead atoms. The van der Waals surface area contributed by atoms with E-state index in [0.717, 1.165) is 0 Å². The number of carbonyl (C=O) groups is 2. The highest BCUT2D eigenvalue weighted by Gasteiger charge is 2.21. The van der Waals surface area contributed by atoms with E-state index < -0.39 is 17.9 Å². The number of rotatable bonds is 9. The van der Waals surface area contributed by atoms with Gasteiger partial charge >= 0.3 is 5.97 Å². The fourth-order valence-corrected chi connectivity index (χ4v) is 2.94. The van der Waals surface area contributed by atoms with Crippen LogP contribution in [0.3, 0.4) is 0 Å². The van der Waals surface area contributed by atoms with Crippen molar-refractivity contribution in [2.75, 3.05) is 7.11 Å². The number of aliphatic carboxylic acids is 1. The number of carboxylic acids is 1. The molecule has 0 aliphatic carbocycles. The van der Waals surface area contributed by atoms with E-state index in [1.807, 2.05) is 12.1 Å². The minimum Gasteiger partial charge on any atom is -0.493 e. The van der Waals surface area contributed by atoms with Crippen molar-refractivity contribution in [1.82, 2.24) is 5.32 Å². The van der Waals surface area contributed by atoms with E-state index in [9.17, 15) is 14.7 Å². The van der Waals surface area contributed by atoms with E-state index in [-0.39, 0.29) is 18.8 Å². The van der Waals surface area contributed by atoms with Crippen LogP contribution < -0.4 is 14.8 Å². The second-order valence-corrected chi connectivity index (χ2v) is 6.82. The quantitative estimate of drug-likeness (QED) is 0.521. The van der Waals surface area contributed by atoms with Crippen molar-refractivity contribution in [2.24, 2.45) is 0 Å². The molecule has 3 aromatic rings. The number of para-hydroxylation sites is 2. The fourth-order valence-electron chi connectivity index (χ4n) is 2.82. The summed E-state index contributed by atoms with van der Waals surface area (Å²) >= 11 is 5.88. The average Bonchev–Trinajstić information content (AvgIpc) is 3.21. The molecule has 0 saturated carbocycles. The van der Waals surface area contributed by atoms with E-state index in [2.05, 4.69) is 5.32 Å². The van der Waals surface area contributed by atoms with Crippen LogP contribution in [0.15, 0.2) is 65.1 Å². The Kier molecular flexibility index (Phi) is 6.98. The van der Waals surface area contributed by atoms with Crippen LogP contribution in [0, 0.1) is 0 Å². The van der Waals surface area contributed by atoms with Gasteiger partial charge in [-0.3, -0.25) is 9.59 Å². The SMILES string of the molecule is COc1ccccc1OCc1ccc(C(=O)N[C@@H](CC(=O)O)c2ccc(Cl)cc2)o1. The Bertz CT molecular complexity index is 1010. The molecule has 0 aliphatic rings. The molecule has 3 rings (SSSR count). The van der Waals surface area contributed by atoms with Gasteiger partial charge in [-0.2, -0.15) is 0 Å². The van der Waals surface area contributed by atoms with E-state index in [4.69, 9.17) is 25.5 Å². The van der Waals surface area contributed by atoms with Gasteiger partial charge in [0.1, 0.15) is 12.4 Å². The minimum absolute atomic E-state index is 0.0537. The Morgan fingerprint density at radius 1 is 1.07 bits per heavy atom. The predicted molar refractivity (Wildman–Crippen MR) is 110 cm³/mol. The van der Waals surface area contributed by atoms with E-state index in [1.165, 1.54) is 6.07 Å². The van der Waals surface area contributed by atoms with Gasteiger partial charge in [0.2, 0.25) is 0 Å². The molecule has 2 aromatic carbocycles. The largest absolute Gasteiger partial charge is 0.493 e. The van der Waals surface area contributed by atoms with Crippen LogP contribution in [0.4, 0.5) is 0 Å². The van der Waals surface area contributed by atoms with E-state index in [0.29, 0.717) is 27.8 Å². The molecule has 0 unspecified atom stereocenters. The second kappa shape index (κ2) is 9.84. The van der Waals surface area contributed by atoms with Crippen LogP contribution in [-0.4, -0.2) is 24.1 Å². The van der Waals surface area contributed by atoms with Gasteiger partial charge in [-0.15, -0.1) is 0 Å². The van der Waals surface area contributed by atoms with Gasteiger partial charge in [0, 0.05) is 5.02 Å². The lowest BCUT2D eigenvalue weighted by atomic mass is 10.0. The Hall–Kier alpha value is -3.45. The molecule has 1 amide bonds. The number of carboxylic acid groups (broad SMARTS) is 1. The zero-order valence-corrected chi connectivity index (χ0v) is 16.9. The zero-order valence-electron chi connectivity index (χ0n) is 16.1. The third-order valence-electron chi connectivity index (χ3n) is 4.28. The Morgan fingerprint density at radius 3 is 2.43 bits per heavy atom. The summed E-state index contributed by atoms with van der Waals surface area (Å²) in [5, 5.41) is 12.4. The summed E-state index contributed by atoms with van der Waals surface area (Å²) in [5.41, 5.74) is 0.626. The predicted octanol–water partition coefficient (Wildman–Crippen LogP) is 4.47. The summed E-state index contributed by atoms with van der Waals surface area (Å²) in [6.45, 7) is 0.101. The monoisotopic (exact) mass is 429 g/mol. The van der Waals surface area contributed by atoms with Gasteiger partial charge in [-0.1, -0.05) is 35.9 Å². The van der Waals surface area contributed by atoms with Gasteiger partial charge in [0.05, 0.1) is 19.6 Å². The standard InChI is InChI=1S/C22H20ClNO6/c1-28-18-4-2-3-5-19(18)29-13-16-10-11-20(30-16)22(27)24-17(12-21(25)26)14-6-8-15(23)9-7-14/h2-11,17H,12-13H2,1H3,(H,24,27)(H,25,26)/t17-/m0/s1. The number of ether oxygens (including phenoxy) is 2. The first-order chi connectivity index (χ1) is 14.5. The molecule has 0 fully saturated rings. The first-order valence-electron chi connectivity index (χ1n) is 9.09. The molecule has 7 nitrogen and oxygen atoms in total. The van der Waals surface area contributed by atoms with Gasteiger partial charge in [0.25, 0.3) is 5.91 Å². The van der Waals surface area contributed by atoms with E-state index in [1.54, 1.807) is 49.6 Å². The second-order valence-electron chi connectivity index (χ2n) is 6.38. The highest BCUT2D eigenvalue weighted by Crippen LogP contribution is 2.27. The van der Waals surface area contributed by atoms with Crippen LogP contribution >= 0.6 is 11.6 Å². The maximum atomic E-state index is 12.6. The lowest BCUT2D eigenvalue weighted by Crippen LogP contribution is -2.29. The summed E-state index contributed by atoms with van der Waals surface area (Å²) in [7, 11) is 1.55. The lowest BCUT2D eigenvalue weighted by molar-refractivity contribution is -0.137. The molecule has 0 aliphatic heterocycles. The molecule has 0 spiro atoms. The highest BCUT2D eigenvalue weighted by molar-refractivity contribution is 6.30. The van der Waals surface area contributed by atoms with Crippen LogP contribution in [0.25, 0.3) is 0 Å². The van der Waals surface area contributed by atoms with Crippen molar-refractivity contribution in [3.63, 3.8) is 0 Å². The first-order valence-corrected chi connectivity index (χ1v) is 9.46. The maximum absolute atomic E-state index is 12.6. The number of hydrogen-bond donors (Lipinski definition) is 2. The van der Waals surface area contributed by atoms with Crippen LogP contribution in [-0.2, 0) is 11.4 Å². The van der Waals surface area contributed by atoms with Crippen LogP contribution in [0.2, 0.25) is 5.02 Å². The Morgan fingerprint density at radius 2 is 1.77 bits per heavy atom. The molecule has 2 N–H and O–H groups in total. The zero-order chi connectivity index (χ0) is 21.5. The molecule has 1 aromatic heterocycles. The number of hydrogen-bond acceptors (Lipinski definition) is 5. The van der Waals surface area contributed by atoms with Crippen molar-refractivity contribution in [1.29, 1.82) is 0 Å². The van der Waals surface area contributed by atoms with Crippen molar-refractivity contribution >= 4 is 23.5 Å².